The molecule has 0 atom stereocenters. The van der Waals surface area contributed by atoms with Crippen molar-refractivity contribution >= 4 is 46.7 Å². The number of halogens is 2. The molecule has 0 unspecified atom stereocenters. The third kappa shape index (κ3) is 5.29. The van der Waals surface area contributed by atoms with Gasteiger partial charge in [0.05, 0.1) is 5.75 Å². The quantitative estimate of drug-likeness (QED) is 0.246. The van der Waals surface area contributed by atoms with Crippen LogP contribution in [0.4, 0.5) is 0 Å². The van der Waals surface area contributed by atoms with E-state index in [1.807, 2.05) is 48.8 Å². The lowest BCUT2D eigenvalue weighted by Gasteiger charge is -2.09. The normalized spacial score (nSPS) is 11.0. The predicted molar refractivity (Wildman–Crippen MR) is 117 cm³/mol. The number of hydrogen-bond acceptors (Lipinski definition) is 6. The molecule has 0 saturated heterocycles. The van der Waals surface area contributed by atoms with Gasteiger partial charge in [-0.15, -0.1) is 16.8 Å². The minimum Gasteiger partial charge on any atom is -0.301 e. The first-order valence-corrected chi connectivity index (χ1v) is 11.2. The maximum absolute atomic E-state index is 6.27. The molecule has 1 aromatic carbocycles. The van der Waals surface area contributed by atoms with Crippen LogP contribution < -0.4 is 0 Å². The second kappa shape index (κ2) is 9.78. The molecule has 0 fully saturated rings. The van der Waals surface area contributed by atoms with E-state index in [0.29, 0.717) is 28.1 Å². The van der Waals surface area contributed by atoms with E-state index < -0.39 is 0 Å². The van der Waals surface area contributed by atoms with E-state index in [9.17, 15) is 0 Å². The Morgan fingerprint density at radius 1 is 1.04 bits per heavy atom. The molecule has 0 aliphatic rings. The minimum absolute atomic E-state index is 0.612. The molecule has 3 aromatic rings. The second-order valence-electron chi connectivity index (χ2n) is 6.01. The molecule has 2 aromatic heterocycles. The summed E-state index contributed by atoms with van der Waals surface area (Å²) < 4.78 is 2.04. The van der Waals surface area contributed by atoms with Crippen molar-refractivity contribution in [2.24, 2.45) is 0 Å². The van der Waals surface area contributed by atoms with Crippen LogP contribution in [0.15, 0.2) is 47.2 Å². The van der Waals surface area contributed by atoms with Gasteiger partial charge in [-0.2, -0.15) is 0 Å². The number of aromatic nitrogens is 5. The third-order valence-electron chi connectivity index (χ3n) is 3.80. The Morgan fingerprint density at radius 3 is 2.36 bits per heavy atom. The zero-order chi connectivity index (χ0) is 20.1. The summed E-state index contributed by atoms with van der Waals surface area (Å²) in [6, 6.07) is 7.47. The van der Waals surface area contributed by atoms with E-state index in [4.69, 9.17) is 23.2 Å². The number of rotatable bonds is 8. The Balaban J connectivity index is 1.74. The smallest absolute Gasteiger partial charge is 0.191 e. The highest BCUT2D eigenvalue weighted by Crippen LogP contribution is 2.31. The average molecular weight is 452 g/mol. The molecule has 0 amide bonds. The first-order chi connectivity index (χ1) is 13.5. The number of benzene rings is 1. The molecular weight excluding hydrogens is 433 g/mol. The van der Waals surface area contributed by atoms with Gasteiger partial charge in [-0.05, 0) is 37.6 Å². The summed E-state index contributed by atoms with van der Waals surface area (Å²) in [4.78, 5) is 8.93. The van der Waals surface area contributed by atoms with Crippen molar-refractivity contribution in [1.82, 2.24) is 24.7 Å². The molecule has 28 heavy (non-hydrogen) atoms. The molecule has 5 nitrogen and oxygen atoms in total. The van der Waals surface area contributed by atoms with Crippen LogP contribution in [-0.4, -0.2) is 24.7 Å². The fraction of sp³-hybridized carbons (Fsp3) is 0.263. The summed E-state index contributed by atoms with van der Waals surface area (Å²) >= 11 is 15.6. The van der Waals surface area contributed by atoms with Crippen molar-refractivity contribution in [1.29, 1.82) is 0 Å². The van der Waals surface area contributed by atoms with Crippen LogP contribution in [0, 0.1) is 13.8 Å². The van der Waals surface area contributed by atoms with Crippen LogP contribution in [0.2, 0.25) is 10.0 Å². The van der Waals surface area contributed by atoms with Gasteiger partial charge in [0.25, 0.3) is 0 Å². The fourth-order valence-corrected chi connectivity index (χ4v) is 5.14. The Bertz CT molecular complexity index is 950. The van der Waals surface area contributed by atoms with Crippen molar-refractivity contribution in [2.75, 3.05) is 0 Å². The number of allylic oxidation sites excluding steroid dienone is 1. The molecule has 0 aliphatic carbocycles. The lowest BCUT2D eigenvalue weighted by atomic mass is 10.2. The van der Waals surface area contributed by atoms with E-state index >= 15 is 0 Å². The molecule has 0 radical (unpaired) electrons. The fourth-order valence-electron chi connectivity index (χ4n) is 2.54. The standard InChI is InChI=1S/C19H19Cl2N5S2/c1-4-8-26-17(11-27-18-22-12(2)9-13(3)23-18)24-25-19(26)28-10-14-15(20)6-5-7-16(14)21/h4-7,9H,1,8,10-11H2,2-3H3. The van der Waals surface area contributed by atoms with E-state index in [1.165, 1.54) is 0 Å². The van der Waals surface area contributed by atoms with Gasteiger partial charge in [-0.1, -0.05) is 58.9 Å². The number of hydrogen-bond donors (Lipinski definition) is 0. The van der Waals surface area contributed by atoms with Crippen LogP contribution in [0.5, 0.6) is 0 Å². The van der Waals surface area contributed by atoms with Gasteiger partial charge in [-0.25, -0.2) is 9.97 Å². The van der Waals surface area contributed by atoms with E-state index in [1.54, 1.807) is 23.5 Å². The Morgan fingerprint density at radius 2 is 1.71 bits per heavy atom. The van der Waals surface area contributed by atoms with Crippen molar-refractivity contribution in [2.45, 2.75) is 42.2 Å². The highest BCUT2D eigenvalue weighted by atomic mass is 35.5. The van der Waals surface area contributed by atoms with Gasteiger partial charge < -0.3 is 4.57 Å². The number of aryl methyl sites for hydroxylation is 2. The first-order valence-electron chi connectivity index (χ1n) is 8.51. The summed E-state index contributed by atoms with van der Waals surface area (Å²) in [5.41, 5.74) is 2.80. The Hall–Kier alpha value is -1.54. The lowest BCUT2D eigenvalue weighted by Crippen LogP contribution is -2.03. The monoisotopic (exact) mass is 451 g/mol. The largest absolute Gasteiger partial charge is 0.301 e. The summed E-state index contributed by atoms with van der Waals surface area (Å²) in [5.74, 6) is 2.08. The highest BCUT2D eigenvalue weighted by Gasteiger charge is 2.15. The zero-order valence-electron chi connectivity index (χ0n) is 15.5. The van der Waals surface area contributed by atoms with Crippen molar-refractivity contribution in [3.05, 3.63) is 69.7 Å². The maximum Gasteiger partial charge on any atom is 0.191 e. The summed E-state index contributed by atoms with van der Waals surface area (Å²) in [7, 11) is 0. The summed E-state index contributed by atoms with van der Waals surface area (Å²) in [6.45, 7) is 8.40. The van der Waals surface area contributed by atoms with Crippen molar-refractivity contribution in [3.63, 3.8) is 0 Å². The van der Waals surface area contributed by atoms with Gasteiger partial charge in [-0.3, -0.25) is 0 Å². The van der Waals surface area contributed by atoms with E-state index in [-0.39, 0.29) is 0 Å². The molecular formula is C19H19Cl2N5S2. The van der Waals surface area contributed by atoms with Crippen LogP contribution in [0.25, 0.3) is 0 Å². The van der Waals surface area contributed by atoms with Crippen LogP contribution in [-0.2, 0) is 18.1 Å². The summed E-state index contributed by atoms with van der Waals surface area (Å²) in [6.07, 6.45) is 1.83. The maximum atomic E-state index is 6.27. The molecule has 9 heteroatoms. The topological polar surface area (TPSA) is 56.5 Å². The van der Waals surface area contributed by atoms with Gasteiger partial charge in [0.2, 0.25) is 0 Å². The Labute approximate surface area is 183 Å². The highest BCUT2D eigenvalue weighted by molar-refractivity contribution is 7.98. The summed E-state index contributed by atoms with van der Waals surface area (Å²) in [5, 5.41) is 11.5. The molecule has 0 N–H and O–H groups in total. The van der Waals surface area contributed by atoms with Crippen LogP contribution in [0.1, 0.15) is 22.8 Å². The zero-order valence-corrected chi connectivity index (χ0v) is 18.7. The van der Waals surface area contributed by atoms with Gasteiger partial charge in [0.1, 0.15) is 5.82 Å². The molecule has 0 aliphatic heterocycles. The van der Waals surface area contributed by atoms with E-state index in [2.05, 4.69) is 26.7 Å². The van der Waals surface area contributed by atoms with Gasteiger partial charge in [0, 0.05) is 33.7 Å². The SMILES string of the molecule is C=CCn1c(CSc2nc(C)cc(C)n2)nnc1SCc1c(Cl)cccc1Cl. The Kier molecular flexibility index (Phi) is 7.40. The molecule has 3 rings (SSSR count). The van der Waals surface area contributed by atoms with Crippen molar-refractivity contribution < 1.29 is 0 Å². The lowest BCUT2D eigenvalue weighted by molar-refractivity contribution is 0.700. The number of nitrogens with zero attached hydrogens (tertiary/aromatic N) is 5. The third-order valence-corrected chi connectivity index (χ3v) is 6.35. The first kappa shape index (κ1) is 21.2. The van der Waals surface area contributed by atoms with Gasteiger partial charge in [0.15, 0.2) is 10.3 Å². The van der Waals surface area contributed by atoms with Gasteiger partial charge >= 0.3 is 0 Å². The minimum atomic E-state index is 0.612. The average Bonchev–Trinajstić information content (AvgIpc) is 3.01. The molecule has 2 heterocycles. The molecule has 0 saturated carbocycles. The van der Waals surface area contributed by atoms with Crippen molar-refractivity contribution in [3.8, 4) is 0 Å². The molecule has 146 valence electrons. The number of thioether (sulfide) groups is 2. The van der Waals surface area contributed by atoms with Crippen LogP contribution in [0.3, 0.4) is 0 Å². The molecule has 0 bridgehead atoms. The van der Waals surface area contributed by atoms with Crippen LogP contribution >= 0.6 is 46.7 Å². The molecule has 0 spiro atoms. The second-order valence-corrected chi connectivity index (χ2v) is 8.71. The predicted octanol–water partition coefficient (Wildman–Crippen LogP) is 5.76. The van der Waals surface area contributed by atoms with E-state index in [0.717, 1.165) is 33.1 Å².